The first kappa shape index (κ1) is 26.7. The predicted molar refractivity (Wildman–Crippen MR) is 122 cm³/mol. The van der Waals surface area contributed by atoms with Crippen LogP contribution in [0.4, 0.5) is 0 Å². The molecule has 0 unspecified atom stereocenters. The van der Waals surface area contributed by atoms with E-state index in [0.29, 0.717) is 6.42 Å². The highest BCUT2D eigenvalue weighted by molar-refractivity contribution is 5.91. The molecule has 0 bridgehead atoms. The molecule has 8 N–H and O–H groups in total. The van der Waals surface area contributed by atoms with Gasteiger partial charge in [-0.25, -0.2) is 0 Å². The van der Waals surface area contributed by atoms with Crippen molar-refractivity contribution >= 4 is 17.7 Å². The van der Waals surface area contributed by atoms with Crippen molar-refractivity contribution in [2.75, 3.05) is 7.05 Å². The van der Waals surface area contributed by atoms with Crippen LogP contribution < -0.4 is 21.7 Å². The van der Waals surface area contributed by atoms with E-state index in [1.807, 2.05) is 19.9 Å². The van der Waals surface area contributed by atoms with E-state index in [1.165, 1.54) is 0 Å². The fourth-order valence-corrected chi connectivity index (χ4v) is 4.10. The summed E-state index contributed by atoms with van der Waals surface area (Å²) in [7, 11) is 1.64. The number of nitrogens with two attached hydrogens (primary N) is 1. The molecule has 1 aliphatic rings. The molecule has 0 saturated heterocycles. The van der Waals surface area contributed by atoms with E-state index in [1.54, 1.807) is 31.3 Å². The third-order valence-electron chi connectivity index (χ3n) is 5.96. The molecular formula is C23H36N4O6. The first-order valence-electron chi connectivity index (χ1n) is 11.2. The van der Waals surface area contributed by atoms with Crippen molar-refractivity contribution in [1.82, 2.24) is 16.0 Å². The Morgan fingerprint density at radius 2 is 1.76 bits per heavy atom. The van der Waals surface area contributed by atoms with E-state index in [0.717, 1.165) is 5.56 Å². The minimum atomic E-state index is -2.12. The Hall–Kier alpha value is -2.53. The van der Waals surface area contributed by atoms with Crippen LogP contribution in [0, 0.1) is 5.92 Å². The largest absolute Gasteiger partial charge is 0.390 e. The first-order chi connectivity index (χ1) is 15.5. The number of nitrogens with one attached hydrogen (secondary N) is 3. The molecule has 2 rings (SSSR count). The highest BCUT2D eigenvalue weighted by Crippen LogP contribution is 2.30. The van der Waals surface area contributed by atoms with Gasteiger partial charge >= 0.3 is 0 Å². The average Bonchev–Trinajstić information content (AvgIpc) is 2.75. The molecule has 1 aromatic carbocycles. The van der Waals surface area contributed by atoms with Gasteiger partial charge in [0.1, 0.15) is 17.7 Å². The number of hydrogen-bond acceptors (Lipinski definition) is 7. The second-order valence-electron chi connectivity index (χ2n) is 9.20. The minimum absolute atomic E-state index is 0.127. The Morgan fingerprint density at radius 1 is 1.12 bits per heavy atom. The Balaban J connectivity index is 2.13. The molecule has 3 amide bonds. The number of benzene rings is 1. The van der Waals surface area contributed by atoms with Crippen LogP contribution in [0.3, 0.4) is 0 Å². The minimum Gasteiger partial charge on any atom is -0.390 e. The molecule has 0 radical (unpaired) electrons. The number of hydrogen-bond donors (Lipinski definition) is 7. The molecule has 10 nitrogen and oxygen atoms in total. The summed E-state index contributed by atoms with van der Waals surface area (Å²) in [5.74, 6) is -1.86. The average molecular weight is 465 g/mol. The smallest absolute Gasteiger partial charge is 0.252 e. The van der Waals surface area contributed by atoms with Gasteiger partial charge in [-0.15, -0.1) is 0 Å². The van der Waals surface area contributed by atoms with Crippen LogP contribution in [0.25, 0.3) is 0 Å². The van der Waals surface area contributed by atoms with Gasteiger partial charge in [-0.3, -0.25) is 14.4 Å². The normalized spacial score (nSPS) is 26.9. The molecule has 1 aliphatic carbocycles. The molecule has 0 aromatic heterocycles. The lowest BCUT2D eigenvalue weighted by Gasteiger charge is -2.42. The standard InChI is InChI=1S/C23H36N4O6/c1-13(2)9-16(25-3)21(31)26-17-11-23(33,12-18(28)19(17)29)22(32)27-15(20(24)30)10-14-7-5-4-6-8-14/h4-8,13,15-19,25,28-29,33H,9-12H2,1-3H3,(H2,24,30)(H,26,31)(H,27,32)/t15-,16+,17+,18-,19-,23+/m1/s1. The summed E-state index contributed by atoms with van der Waals surface area (Å²) in [6, 6.07) is 6.24. The monoisotopic (exact) mass is 464 g/mol. The van der Waals surface area contributed by atoms with Crippen molar-refractivity contribution in [1.29, 1.82) is 0 Å². The third-order valence-corrected chi connectivity index (χ3v) is 5.96. The van der Waals surface area contributed by atoms with Crippen molar-refractivity contribution < 1.29 is 29.7 Å². The zero-order valence-electron chi connectivity index (χ0n) is 19.3. The molecule has 33 heavy (non-hydrogen) atoms. The van der Waals surface area contributed by atoms with Crippen LogP contribution in [0.5, 0.6) is 0 Å². The maximum atomic E-state index is 13.0. The molecular weight excluding hydrogens is 428 g/mol. The van der Waals surface area contributed by atoms with Crippen LogP contribution >= 0.6 is 0 Å². The van der Waals surface area contributed by atoms with Crippen LogP contribution in [0.15, 0.2) is 30.3 Å². The van der Waals surface area contributed by atoms with Gasteiger partial charge in [0.25, 0.3) is 5.91 Å². The molecule has 1 saturated carbocycles. The number of carbonyl (C=O) groups excluding carboxylic acids is 3. The molecule has 0 spiro atoms. The molecule has 1 aromatic rings. The molecule has 1 fully saturated rings. The Morgan fingerprint density at radius 3 is 2.30 bits per heavy atom. The quantitative estimate of drug-likeness (QED) is 0.222. The highest BCUT2D eigenvalue weighted by Gasteiger charge is 2.50. The number of amides is 3. The first-order valence-corrected chi connectivity index (χ1v) is 11.2. The van der Waals surface area contributed by atoms with Crippen LogP contribution in [0.2, 0.25) is 0 Å². The fraction of sp³-hybridized carbons (Fsp3) is 0.609. The Bertz CT molecular complexity index is 820. The second-order valence-corrected chi connectivity index (χ2v) is 9.20. The van der Waals surface area contributed by atoms with E-state index in [-0.39, 0.29) is 18.8 Å². The lowest BCUT2D eigenvalue weighted by molar-refractivity contribution is -0.160. The molecule has 0 heterocycles. The summed E-state index contributed by atoms with van der Waals surface area (Å²) in [4.78, 5) is 37.6. The number of primary amides is 1. The Kier molecular flexibility index (Phi) is 9.35. The van der Waals surface area contributed by atoms with Gasteiger partial charge in [0.15, 0.2) is 0 Å². The number of aliphatic hydroxyl groups is 3. The van der Waals surface area contributed by atoms with Crippen LogP contribution in [0.1, 0.15) is 38.7 Å². The van der Waals surface area contributed by atoms with Crippen molar-refractivity contribution in [3.8, 4) is 0 Å². The van der Waals surface area contributed by atoms with Gasteiger partial charge in [-0.1, -0.05) is 44.2 Å². The summed E-state index contributed by atoms with van der Waals surface area (Å²) in [5.41, 5.74) is 4.10. The summed E-state index contributed by atoms with van der Waals surface area (Å²) >= 11 is 0. The fourth-order valence-electron chi connectivity index (χ4n) is 4.10. The second kappa shape index (κ2) is 11.6. The molecule has 6 atom stereocenters. The van der Waals surface area contributed by atoms with E-state index in [4.69, 9.17) is 5.73 Å². The Labute approximate surface area is 193 Å². The van der Waals surface area contributed by atoms with Crippen molar-refractivity contribution in [2.45, 2.75) is 75.5 Å². The van der Waals surface area contributed by atoms with Gasteiger partial charge in [-0.05, 0) is 24.9 Å². The van der Waals surface area contributed by atoms with Crippen molar-refractivity contribution in [2.24, 2.45) is 11.7 Å². The summed E-state index contributed by atoms with van der Waals surface area (Å²) in [6.45, 7) is 3.93. The maximum Gasteiger partial charge on any atom is 0.252 e. The number of aliphatic hydroxyl groups excluding tert-OH is 2. The van der Waals surface area contributed by atoms with E-state index in [9.17, 15) is 29.7 Å². The summed E-state index contributed by atoms with van der Waals surface area (Å²) in [5, 5.41) is 39.8. The van der Waals surface area contributed by atoms with E-state index in [2.05, 4.69) is 16.0 Å². The predicted octanol–water partition coefficient (Wildman–Crippen LogP) is -1.44. The van der Waals surface area contributed by atoms with Crippen LogP contribution in [-0.2, 0) is 20.8 Å². The van der Waals surface area contributed by atoms with Gasteiger partial charge in [0.05, 0.1) is 18.2 Å². The number of rotatable bonds is 10. The third kappa shape index (κ3) is 7.23. The van der Waals surface area contributed by atoms with Gasteiger partial charge in [-0.2, -0.15) is 0 Å². The molecule has 0 aliphatic heterocycles. The highest BCUT2D eigenvalue weighted by atomic mass is 16.3. The molecule has 10 heteroatoms. The van der Waals surface area contributed by atoms with Crippen molar-refractivity contribution in [3.05, 3.63) is 35.9 Å². The SMILES string of the molecule is CN[C@@H](CC(C)C)C(=O)N[C@H]1C[C@@](O)(C(=O)N[C@H](Cc2ccccc2)C(N)=O)C[C@@H](O)[C@@H]1O. The zero-order chi connectivity index (χ0) is 24.8. The van der Waals surface area contributed by atoms with Crippen LogP contribution in [-0.4, -0.2) is 76.0 Å². The van der Waals surface area contributed by atoms with Crippen molar-refractivity contribution in [3.63, 3.8) is 0 Å². The van der Waals surface area contributed by atoms with E-state index >= 15 is 0 Å². The van der Waals surface area contributed by atoms with Gasteiger partial charge < -0.3 is 37.0 Å². The van der Waals surface area contributed by atoms with Gasteiger partial charge in [0.2, 0.25) is 11.8 Å². The summed E-state index contributed by atoms with van der Waals surface area (Å²) < 4.78 is 0. The molecule has 184 valence electrons. The lowest BCUT2D eigenvalue weighted by Crippen LogP contribution is -2.65. The van der Waals surface area contributed by atoms with E-state index < -0.39 is 60.1 Å². The summed E-state index contributed by atoms with van der Waals surface area (Å²) in [6.07, 6.45) is -2.95. The topological polar surface area (TPSA) is 174 Å². The zero-order valence-corrected chi connectivity index (χ0v) is 19.3. The number of carbonyl (C=O) groups is 3. The lowest BCUT2D eigenvalue weighted by atomic mass is 9.77. The van der Waals surface area contributed by atoms with Gasteiger partial charge in [0, 0.05) is 19.3 Å². The maximum absolute atomic E-state index is 13.0. The number of likely N-dealkylation sites (N-methyl/N-ethyl adjacent to an activating group) is 1.